The van der Waals surface area contributed by atoms with Crippen molar-refractivity contribution in [2.24, 2.45) is 0 Å². The van der Waals surface area contributed by atoms with Crippen molar-refractivity contribution in [2.75, 3.05) is 5.32 Å². The van der Waals surface area contributed by atoms with Crippen LogP contribution in [0.5, 0.6) is 0 Å². The average molecular weight is 449 g/mol. The van der Waals surface area contributed by atoms with Crippen LogP contribution in [-0.2, 0) is 23.9 Å². The van der Waals surface area contributed by atoms with E-state index < -0.39 is 34.6 Å². The zero-order valence-corrected chi connectivity index (χ0v) is 16.7. The summed E-state index contributed by atoms with van der Waals surface area (Å²) in [6, 6.07) is 12.6. The van der Waals surface area contributed by atoms with Crippen molar-refractivity contribution >= 4 is 29.1 Å². The molecule has 2 amide bonds. The van der Waals surface area contributed by atoms with Crippen molar-refractivity contribution in [1.82, 2.24) is 4.90 Å². The Bertz CT molecular complexity index is 1130. The molecular weight excluding hydrogens is 433 g/mol. The maximum atomic E-state index is 13.2. The van der Waals surface area contributed by atoms with Crippen LogP contribution < -0.4 is 5.32 Å². The highest BCUT2D eigenvalue weighted by molar-refractivity contribution is 6.31. The molecule has 1 aliphatic heterocycles. The van der Waals surface area contributed by atoms with E-state index in [1.807, 2.05) is 24.3 Å². The van der Waals surface area contributed by atoms with Gasteiger partial charge in [0.25, 0.3) is 5.91 Å². The SMILES string of the molecule is O=C(Nc1ccc(Cl)c(C(F)(F)F)c1)[C@H]1Cc2ccccc2CN1C(=O)c1ccco1. The van der Waals surface area contributed by atoms with E-state index >= 15 is 0 Å². The minimum atomic E-state index is -4.66. The zero-order valence-electron chi connectivity index (χ0n) is 15.9. The van der Waals surface area contributed by atoms with E-state index in [-0.39, 0.29) is 24.4 Å². The van der Waals surface area contributed by atoms with Crippen LogP contribution in [0.2, 0.25) is 5.02 Å². The molecule has 1 atom stereocenters. The van der Waals surface area contributed by atoms with Gasteiger partial charge in [-0.2, -0.15) is 13.2 Å². The fraction of sp³-hybridized carbons (Fsp3) is 0.182. The normalized spacial score (nSPS) is 16.0. The zero-order chi connectivity index (χ0) is 22.2. The van der Waals surface area contributed by atoms with Gasteiger partial charge >= 0.3 is 6.18 Å². The molecule has 2 heterocycles. The lowest BCUT2D eigenvalue weighted by Crippen LogP contribution is -2.50. The molecule has 1 aliphatic rings. The number of anilines is 1. The number of furan rings is 1. The first kappa shape index (κ1) is 21.0. The summed E-state index contributed by atoms with van der Waals surface area (Å²) in [6.45, 7) is 0.169. The van der Waals surface area contributed by atoms with Crippen LogP contribution in [0.25, 0.3) is 0 Å². The maximum absolute atomic E-state index is 13.2. The van der Waals surface area contributed by atoms with Gasteiger partial charge in [0.2, 0.25) is 5.91 Å². The second-order valence-electron chi connectivity index (χ2n) is 7.08. The van der Waals surface area contributed by atoms with Gasteiger partial charge in [-0.3, -0.25) is 9.59 Å². The number of nitrogens with one attached hydrogen (secondary N) is 1. The number of benzene rings is 2. The number of hydrogen-bond donors (Lipinski definition) is 1. The molecule has 0 radical (unpaired) electrons. The van der Waals surface area contributed by atoms with Gasteiger partial charge in [0.1, 0.15) is 6.04 Å². The first-order valence-corrected chi connectivity index (χ1v) is 9.70. The number of carbonyl (C=O) groups excluding carboxylic acids is 2. The summed E-state index contributed by atoms with van der Waals surface area (Å²) in [5.74, 6) is -1.01. The van der Waals surface area contributed by atoms with Crippen molar-refractivity contribution in [3.05, 3.63) is 88.3 Å². The highest BCUT2D eigenvalue weighted by Crippen LogP contribution is 2.36. The number of halogens is 4. The Morgan fingerprint density at radius 3 is 2.48 bits per heavy atom. The number of carbonyl (C=O) groups is 2. The summed E-state index contributed by atoms with van der Waals surface area (Å²) in [6.07, 6.45) is -3.09. The lowest BCUT2D eigenvalue weighted by molar-refractivity contribution is -0.137. The van der Waals surface area contributed by atoms with Gasteiger partial charge in [-0.25, -0.2) is 0 Å². The first-order chi connectivity index (χ1) is 14.7. The minimum absolute atomic E-state index is 0.0639. The van der Waals surface area contributed by atoms with Crippen molar-refractivity contribution in [3.63, 3.8) is 0 Å². The molecule has 0 bridgehead atoms. The van der Waals surface area contributed by atoms with Crippen LogP contribution >= 0.6 is 11.6 Å². The Morgan fingerprint density at radius 2 is 1.81 bits per heavy atom. The monoisotopic (exact) mass is 448 g/mol. The van der Waals surface area contributed by atoms with Gasteiger partial charge in [0.05, 0.1) is 16.8 Å². The number of alkyl halides is 3. The van der Waals surface area contributed by atoms with E-state index in [4.69, 9.17) is 16.0 Å². The molecule has 0 unspecified atom stereocenters. The van der Waals surface area contributed by atoms with E-state index in [0.29, 0.717) is 0 Å². The molecule has 0 spiro atoms. The van der Waals surface area contributed by atoms with Crippen molar-refractivity contribution in [2.45, 2.75) is 25.2 Å². The predicted octanol–water partition coefficient (Wildman–Crippen LogP) is 5.16. The van der Waals surface area contributed by atoms with Crippen molar-refractivity contribution < 1.29 is 27.2 Å². The highest BCUT2D eigenvalue weighted by atomic mass is 35.5. The molecule has 160 valence electrons. The van der Waals surface area contributed by atoms with Gasteiger partial charge in [0.15, 0.2) is 5.76 Å². The molecule has 1 N–H and O–H groups in total. The largest absolute Gasteiger partial charge is 0.459 e. The molecular formula is C22H16ClF3N2O3. The number of hydrogen-bond acceptors (Lipinski definition) is 3. The summed E-state index contributed by atoms with van der Waals surface area (Å²) in [4.78, 5) is 27.4. The van der Waals surface area contributed by atoms with Gasteiger partial charge in [-0.05, 0) is 41.5 Å². The minimum Gasteiger partial charge on any atom is -0.459 e. The molecule has 3 aromatic rings. The van der Waals surface area contributed by atoms with Crippen LogP contribution in [0.3, 0.4) is 0 Å². The number of fused-ring (bicyclic) bond motifs is 1. The maximum Gasteiger partial charge on any atom is 0.417 e. The van der Waals surface area contributed by atoms with E-state index in [0.717, 1.165) is 23.3 Å². The Labute approximate surface area is 180 Å². The Kier molecular flexibility index (Phi) is 5.49. The molecule has 1 aromatic heterocycles. The number of nitrogens with zero attached hydrogens (tertiary/aromatic N) is 1. The van der Waals surface area contributed by atoms with Gasteiger partial charge in [-0.15, -0.1) is 0 Å². The van der Waals surface area contributed by atoms with Gasteiger partial charge in [0, 0.05) is 18.7 Å². The topological polar surface area (TPSA) is 62.6 Å². The molecule has 9 heteroatoms. The van der Waals surface area contributed by atoms with Gasteiger partial charge < -0.3 is 14.6 Å². The fourth-order valence-electron chi connectivity index (χ4n) is 3.56. The highest BCUT2D eigenvalue weighted by Gasteiger charge is 2.37. The molecule has 0 saturated heterocycles. The standard InChI is InChI=1S/C22H16ClF3N2O3/c23-17-8-7-15(11-16(17)22(24,25)26)27-20(29)18-10-13-4-1-2-5-14(13)12-28(18)21(30)19-6-3-9-31-19/h1-9,11,18H,10,12H2,(H,27,29)/t18-/m1/s1. The average Bonchev–Trinajstić information content (AvgIpc) is 3.27. The molecule has 5 nitrogen and oxygen atoms in total. The van der Waals surface area contributed by atoms with E-state index in [2.05, 4.69) is 5.32 Å². The fourth-order valence-corrected chi connectivity index (χ4v) is 3.78. The third kappa shape index (κ3) is 4.29. The third-order valence-electron chi connectivity index (χ3n) is 5.08. The van der Waals surface area contributed by atoms with Crippen LogP contribution in [0.4, 0.5) is 18.9 Å². The lowest BCUT2D eigenvalue weighted by Gasteiger charge is -2.35. The molecule has 4 rings (SSSR count). The molecule has 31 heavy (non-hydrogen) atoms. The predicted molar refractivity (Wildman–Crippen MR) is 108 cm³/mol. The first-order valence-electron chi connectivity index (χ1n) is 9.33. The van der Waals surface area contributed by atoms with E-state index in [9.17, 15) is 22.8 Å². The number of amides is 2. The Morgan fingerprint density at radius 1 is 1.06 bits per heavy atom. The molecule has 0 saturated carbocycles. The Balaban J connectivity index is 1.64. The Hall–Kier alpha value is -3.26. The number of rotatable bonds is 3. The van der Waals surface area contributed by atoms with Gasteiger partial charge in [-0.1, -0.05) is 35.9 Å². The van der Waals surface area contributed by atoms with Crippen molar-refractivity contribution in [3.8, 4) is 0 Å². The summed E-state index contributed by atoms with van der Waals surface area (Å²) in [5, 5.41) is 2.02. The summed E-state index contributed by atoms with van der Waals surface area (Å²) in [5.41, 5.74) is 0.658. The summed E-state index contributed by atoms with van der Waals surface area (Å²) in [7, 11) is 0. The van der Waals surface area contributed by atoms with Crippen molar-refractivity contribution in [1.29, 1.82) is 0 Å². The van der Waals surface area contributed by atoms with E-state index in [1.54, 1.807) is 6.07 Å². The van der Waals surface area contributed by atoms with Crippen LogP contribution in [-0.4, -0.2) is 22.8 Å². The molecule has 0 fully saturated rings. The smallest absolute Gasteiger partial charge is 0.417 e. The van der Waals surface area contributed by atoms with E-state index in [1.165, 1.54) is 23.3 Å². The second-order valence-corrected chi connectivity index (χ2v) is 7.49. The van der Waals surface area contributed by atoms with Crippen LogP contribution in [0, 0.1) is 0 Å². The molecule has 0 aliphatic carbocycles. The molecule has 2 aromatic carbocycles. The summed E-state index contributed by atoms with van der Waals surface area (Å²) >= 11 is 5.65. The summed E-state index contributed by atoms with van der Waals surface area (Å²) < 4.78 is 44.6. The van der Waals surface area contributed by atoms with Crippen LogP contribution in [0.15, 0.2) is 65.3 Å². The third-order valence-corrected chi connectivity index (χ3v) is 5.41. The van der Waals surface area contributed by atoms with Crippen LogP contribution in [0.1, 0.15) is 27.2 Å². The quantitative estimate of drug-likeness (QED) is 0.602. The second kappa shape index (κ2) is 8.11. The lowest BCUT2D eigenvalue weighted by atomic mass is 9.93.